The van der Waals surface area contributed by atoms with Gasteiger partial charge >= 0.3 is 0 Å². The Morgan fingerprint density at radius 1 is 1.22 bits per heavy atom. The Kier molecular flexibility index (Phi) is 4.56. The van der Waals surface area contributed by atoms with E-state index in [1.54, 1.807) is 16.8 Å². The number of fused-ring (bicyclic) bond motifs is 1. The van der Waals surface area contributed by atoms with Crippen LogP contribution in [0.3, 0.4) is 0 Å². The predicted octanol–water partition coefficient (Wildman–Crippen LogP) is 5.02. The molecule has 1 aliphatic rings. The fourth-order valence-electron chi connectivity index (χ4n) is 3.35. The average molecular weight is 432 g/mol. The number of hydrogen-bond donors (Lipinski definition) is 1. The summed E-state index contributed by atoms with van der Waals surface area (Å²) in [6, 6.07) is 9.51. The van der Waals surface area contributed by atoms with Gasteiger partial charge in [0.15, 0.2) is 0 Å². The van der Waals surface area contributed by atoms with Gasteiger partial charge in [0.1, 0.15) is 6.07 Å². The topological polar surface area (TPSA) is 66.0 Å². The number of halogens is 3. The number of alkyl halides is 2. The number of nitrogens with one attached hydrogen (secondary N) is 1. The average Bonchev–Trinajstić information content (AvgIpc) is 3.08. The monoisotopic (exact) mass is 431 g/mol. The van der Waals surface area contributed by atoms with Crippen LogP contribution < -0.4 is 5.32 Å². The minimum Gasteiger partial charge on any atom is -0.381 e. The second-order valence-electron chi connectivity index (χ2n) is 6.74. The zero-order valence-corrected chi connectivity index (χ0v) is 15.9. The van der Waals surface area contributed by atoms with Crippen LogP contribution in [0.2, 0.25) is 0 Å². The van der Waals surface area contributed by atoms with Crippen molar-refractivity contribution in [2.45, 2.75) is 37.6 Å². The lowest BCUT2D eigenvalue weighted by Gasteiger charge is -2.29. The standard InChI is InChI=1S/C19H16BrF2N5/c20-15-11-24-17(8-16(15)26-13-3-5-19(21,22)6-4-13)18-2-1-14-7-12(9-23)10-25-27(14)18/h1-2,7-8,10-11,13H,3-6H2,(H,24,26). The van der Waals surface area contributed by atoms with E-state index >= 15 is 0 Å². The maximum Gasteiger partial charge on any atom is 0.248 e. The van der Waals surface area contributed by atoms with E-state index in [-0.39, 0.29) is 18.9 Å². The van der Waals surface area contributed by atoms with Gasteiger partial charge in [0.2, 0.25) is 5.92 Å². The van der Waals surface area contributed by atoms with Crippen molar-refractivity contribution in [3.63, 3.8) is 0 Å². The Labute approximate surface area is 163 Å². The normalized spacial score (nSPS) is 17.0. The Morgan fingerprint density at radius 3 is 2.74 bits per heavy atom. The molecule has 3 aromatic rings. The highest BCUT2D eigenvalue weighted by atomic mass is 79.9. The van der Waals surface area contributed by atoms with Gasteiger partial charge in [-0.05, 0) is 53.0 Å². The molecule has 0 aliphatic heterocycles. The SMILES string of the molecule is N#Cc1cnn2c(-c3cc(NC4CCC(F)(F)CC4)c(Br)cn3)ccc2c1. The third-order valence-electron chi connectivity index (χ3n) is 4.82. The van der Waals surface area contributed by atoms with Crippen LogP contribution in [0.4, 0.5) is 14.5 Å². The molecule has 3 aromatic heterocycles. The first-order valence-electron chi connectivity index (χ1n) is 8.63. The van der Waals surface area contributed by atoms with Crippen molar-refractivity contribution in [2.24, 2.45) is 0 Å². The van der Waals surface area contributed by atoms with Crippen molar-refractivity contribution in [1.82, 2.24) is 14.6 Å². The molecule has 0 aromatic carbocycles. The molecule has 0 unspecified atom stereocenters. The molecule has 8 heteroatoms. The lowest BCUT2D eigenvalue weighted by Crippen LogP contribution is -2.32. The number of nitriles is 1. The fourth-order valence-corrected chi connectivity index (χ4v) is 3.68. The van der Waals surface area contributed by atoms with E-state index in [1.807, 2.05) is 18.2 Å². The van der Waals surface area contributed by atoms with Crippen LogP contribution in [-0.4, -0.2) is 26.6 Å². The molecule has 1 saturated carbocycles. The number of rotatable bonds is 3. The largest absolute Gasteiger partial charge is 0.381 e. The molecular weight excluding hydrogens is 416 g/mol. The van der Waals surface area contributed by atoms with Crippen LogP contribution in [0.25, 0.3) is 16.9 Å². The molecule has 0 spiro atoms. The smallest absolute Gasteiger partial charge is 0.248 e. The van der Waals surface area contributed by atoms with E-state index in [2.05, 4.69) is 37.4 Å². The van der Waals surface area contributed by atoms with Gasteiger partial charge in [0, 0.05) is 25.1 Å². The fraction of sp³-hybridized carbons (Fsp3) is 0.316. The molecule has 27 heavy (non-hydrogen) atoms. The molecule has 3 heterocycles. The van der Waals surface area contributed by atoms with Crippen LogP contribution in [0, 0.1) is 11.3 Å². The Balaban J connectivity index is 1.62. The predicted molar refractivity (Wildman–Crippen MR) is 102 cm³/mol. The summed E-state index contributed by atoms with van der Waals surface area (Å²) in [7, 11) is 0. The van der Waals surface area contributed by atoms with Crippen molar-refractivity contribution < 1.29 is 8.78 Å². The summed E-state index contributed by atoms with van der Waals surface area (Å²) in [5.41, 5.74) is 3.61. The van der Waals surface area contributed by atoms with Crippen molar-refractivity contribution in [3.05, 3.63) is 46.7 Å². The number of hydrogen-bond acceptors (Lipinski definition) is 4. The van der Waals surface area contributed by atoms with Crippen molar-refractivity contribution in [2.75, 3.05) is 5.32 Å². The minimum atomic E-state index is -2.54. The van der Waals surface area contributed by atoms with Crippen LogP contribution in [0.15, 0.2) is 41.1 Å². The second kappa shape index (κ2) is 6.89. The molecular formula is C19H16BrF2N5. The summed E-state index contributed by atoms with van der Waals surface area (Å²) in [5.74, 6) is -2.54. The summed E-state index contributed by atoms with van der Waals surface area (Å²) in [4.78, 5) is 4.46. The third kappa shape index (κ3) is 3.65. The zero-order chi connectivity index (χ0) is 19.0. The van der Waals surface area contributed by atoms with Crippen molar-refractivity contribution in [3.8, 4) is 17.5 Å². The van der Waals surface area contributed by atoms with E-state index < -0.39 is 5.92 Å². The molecule has 0 amide bonds. The highest BCUT2D eigenvalue weighted by Crippen LogP contribution is 2.36. The maximum atomic E-state index is 13.4. The zero-order valence-electron chi connectivity index (χ0n) is 14.3. The minimum absolute atomic E-state index is 0.0107. The number of aromatic nitrogens is 3. The molecule has 4 rings (SSSR count). The highest BCUT2D eigenvalue weighted by molar-refractivity contribution is 9.10. The number of nitrogens with zero attached hydrogens (tertiary/aromatic N) is 4. The first-order chi connectivity index (χ1) is 12.9. The van der Waals surface area contributed by atoms with E-state index in [9.17, 15) is 8.78 Å². The lowest BCUT2D eigenvalue weighted by molar-refractivity contribution is -0.0360. The summed E-state index contributed by atoms with van der Waals surface area (Å²) < 4.78 is 29.2. The van der Waals surface area contributed by atoms with E-state index in [0.29, 0.717) is 24.1 Å². The third-order valence-corrected chi connectivity index (χ3v) is 5.46. The number of pyridine rings is 1. The first kappa shape index (κ1) is 17.9. The van der Waals surface area contributed by atoms with Gasteiger partial charge in [-0.2, -0.15) is 10.4 Å². The molecule has 1 fully saturated rings. The molecule has 0 bridgehead atoms. The van der Waals surface area contributed by atoms with Crippen LogP contribution in [0.5, 0.6) is 0 Å². The summed E-state index contributed by atoms with van der Waals surface area (Å²) in [5, 5.41) is 16.7. The van der Waals surface area contributed by atoms with Gasteiger partial charge in [-0.25, -0.2) is 13.3 Å². The number of anilines is 1. The van der Waals surface area contributed by atoms with Gasteiger partial charge in [0.05, 0.1) is 38.8 Å². The van der Waals surface area contributed by atoms with Gasteiger partial charge in [0.25, 0.3) is 0 Å². The van der Waals surface area contributed by atoms with E-state index in [0.717, 1.165) is 21.4 Å². The van der Waals surface area contributed by atoms with Gasteiger partial charge in [-0.1, -0.05) is 0 Å². The van der Waals surface area contributed by atoms with Crippen LogP contribution >= 0.6 is 15.9 Å². The Bertz CT molecular complexity index is 1030. The second-order valence-corrected chi connectivity index (χ2v) is 7.59. The van der Waals surface area contributed by atoms with Crippen LogP contribution in [-0.2, 0) is 0 Å². The molecule has 0 radical (unpaired) electrons. The molecule has 1 aliphatic carbocycles. The van der Waals surface area contributed by atoms with Gasteiger partial charge < -0.3 is 5.32 Å². The Morgan fingerprint density at radius 2 is 2.00 bits per heavy atom. The lowest BCUT2D eigenvalue weighted by atomic mass is 9.92. The van der Waals surface area contributed by atoms with E-state index in [1.165, 1.54) is 6.20 Å². The first-order valence-corrected chi connectivity index (χ1v) is 9.43. The summed E-state index contributed by atoms with van der Waals surface area (Å²) in [6.45, 7) is 0. The molecule has 5 nitrogen and oxygen atoms in total. The maximum absolute atomic E-state index is 13.4. The van der Waals surface area contributed by atoms with Crippen molar-refractivity contribution >= 4 is 27.1 Å². The highest BCUT2D eigenvalue weighted by Gasteiger charge is 2.35. The van der Waals surface area contributed by atoms with Crippen molar-refractivity contribution in [1.29, 1.82) is 5.26 Å². The van der Waals surface area contributed by atoms with Gasteiger partial charge in [-0.15, -0.1) is 0 Å². The molecule has 0 atom stereocenters. The molecule has 0 saturated heterocycles. The van der Waals surface area contributed by atoms with E-state index in [4.69, 9.17) is 5.26 Å². The molecule has 138 valence electrons. The quantitative estimate of drug-likeness (QED) is 0.631. The Hall–Kier alpha value is -2.53. The summed E-state index contributed by atoms with van der Waals surface area (Å²) >= 11 is 3.48. The van der Waals surface area contributed by atoms with Crippen LogP contribution in [0.1, 0.15) is 31.2 Å². The summed E-state index contributed by atoms with van der Waals surface area (Å²) in [6.07, 6.45) is 3.89. The molecule has 1 N–H and O–H groups in total. The van der Waals surface area contributed by atoms with Gasteiger partial charge in [-0.3, -0.25) is 4.98 Å².